The van der Waals surface area contributed by atoms with Crippen LogP contribution in [-0.2, 0) is 0 Å². The quantitative estimate of drug-likeness (QED) is 0.782. The van der Waals surface area contributed by atoms with Crippen LogP contribution < -0.4 is 4.90 Å². The first-order valence-corrected chi connectivity index (χ1v) is 6.33. The van der Waals surface area contributed by atoms with E-state index < -0.39 is 0 Å². The first kappa shape index (κ1) is 11.7. The van der Waals surface area contributed by atoms with Crippen molar-refractivity contribution in [3.8, 4) is 0 Å². The van der Waals surface area contributed by atoms with Crippen LogP contribution in [0, 0.1) is 0 Å². The maximum Gasteiger partial charge on any atom is 0.0407 e. The molecule has 16 heavy (non-hydrogen) atoms. The van der Waals surface area contributed by atoms with E-state index in [9.17, 15) is 0 Å². The molecule has 0 bridgehead atoms. The number of hydrogen-bond donors (Lipinski definition) is 0. The highest BCUT2D eigenvalue weighted by molar-refractivity contribution is 6.30. The maximum atomic E-state index is 5.90. The van der Waals surface area contributed by atoms with Gasteiger partial charge in [0.1, 0.15) is 0 Å². The van der Waals surface area contributed by atoms with Gasteiger partial charge in [0.05, 0.1) is 0 Å². The molecule has 3 heteroatoms. The van der Waals surface area contributed by atoms with Crippen LogP contribution in [-0.4, -0.2) is 37.1 Å². The highest BCUT2D eigenvalue weighted by Crippen LogP contribution is 2.21. The van der Waals surface area contributed by atoms with Crippen molar-refractivity contribution in [3.63, 3.8) is 0 Å². The van der Waals surface area contributed by atoms with Gasteiger partial charge < -0.3 is 4.90 Å². The second-order valence-corrected chi connectivity index (χ2v) is 4.84. The van der Waals surface area contributed by atoms with Crippen molar-refractivity contribution in [2.24, 2.45) is 0 Å². The highest BCUT2D eigenvalue weighted by atomic mass is 35.5. The van der Waals surface area contributed by atoms with Gasteiger partial charge in [0.25, 0.3) is 0 Å². The van der Waals surface area contributed by atoms with E-state index in [4.69, 9.17) is 11.6 Å². The zero-order chi connectivity index (χ0) is 11.5. The average Bonchev–Trinajstić information content (AvgIpc) is 2.30. The summed E-state index contributed by atoms with van der Waals surface area (Å²) in [6, 6.07) is 8.78. The van der Waals surface area contributed by atoms with Crippen LogP contribution in [0.5, 0.6) is 0 Å². The first-order valence-electron chi connectivity index (χ1n) is 5.95. The lowest BCUT2D eigenvalue weighted by Crippen LogP contribution is -2.51. The molecule has 0 spiro atoms. The smallest absolute Gasteiger partial charge is 0.0407 e. The fraction of sp³-hybridized carbons (Fsp3) is 0.538. The Bertz CT molecular complexity index is 336. The third-order valence-corrected chi connectivity index (χ3v) is 3.62. The SMILES string of the molecule is CCN1CCN(c2ccc(Cl)cc2)C[C@H]1C. The minimum absolute atomic E-state index is 0.634. The molecule has 0 amide bonds. The van der Waals surface area contributed by atoms with Crippen LogP contribution in [0.25, 0.3) is 0 Å². The lowest BCUT2D eigenvalue weighted by atomic mass is 10.1. The normalized spacial score (nSPS) is 22.4. The molecule has 1 aliphatic heterocycles. The number of likely N-dealkylation sites (N-methyl/N-ethyl adjacent to an activating group) is 1. The Balaban J connectivity index is 2.04. The predicted octanol–water partition coefficient (Wildman–Crippen LogP) is 2.87. The summed E-state index contributed by atoms with van der Waals surface area (Å²) in [4.78, 5) is 4.96. The number of benzene rings is 1. The molecule has 0 aromatic heterocycles. The molecule has 0 radical (unpaired) electrons. The molecule has 0 unspecified atom stereocenters. The molecule has 1 aliphatic rings. The van der Waals surface area contributed by atoms with Crippen LogP contribution in [0.15, 0.2) is 24.3 Å². The van der Waals surface area contributed by atoms with E-state index in [1.807, 2.05) is 12.1 Å². The summed E-state index contributed by atoms with van der Waals surface area (Å²) in [5.41, 5.74) is 1.28. The van der Waals surface area contributed by atoms with Crippen molar-refractivity contribution >= 4 is 17.3 Å². The lowest BCUT2D eigenvalue weighted by molar-refractivity contribution is 0.199. The topological polar surface area (TPSA) is 6.48 Å². The minimum atomic E-state index is 0.634. The second kappa shape index (κ2) is 5.07. The standard InChI is InChI=1S/C13H19ClN2/c1-3-15-8-9-16(10-11(15)2)13-6-4-12(14)5-7-13/h4-7,11H,3,8-10H2,1-2H3/t11-/m1/s1. The van der Waals surface area contributed by atoms with Crippen molar-refractivity contribution < 1.29 is 0 Å². The van der Waals surface area contributed by atoms with Gasteiger partial charge in [-0.3, -0.25) is 4.90 Å². The van der Waals surface area contributed by atoms with Gasteiger partial charge in [-0.25, -0.2) is 0 Å². The molecule has 0 saturated carbocycles. The molecule has 0 aliphatic carbocycles. The summed E-state index contributed by atoms with van der Waals surface area (Å²) in [5, 5.41) is 0.809. The zero-order valence-electron chi connectivity index (χ0n) is 9.99. The molecule has 2 rings (SSSR count). The number of hydrogen-bond acceptors (Lipinski definition) is 2. The molecule has 88 valence electrons. The summed E-state index contributed by atoms with van der Waals surface area (Å²) in [7, 11) is 0. The molecule has 1 fully saturated rings. The number of nitrogens with zero attached hydrogens (tertiary/aromatic N) is 2. The lowest BCUT2D eigenvalue weighted by Gasteiger charge is -2.40. The van der Waals surface area contributed by atoms with E-state index in [-0.39, 0.29) is 0 Å². The Morgan fingerprint density at radius 3 is 2.50 bits per heavy atom. The fourth-order valence-electron chi connectivity index (χ4n) is 2.35. The molecule has 1 heterocycles. The van der Waals surface area contributed by atoms with Gasteiger partial charge in [0.2, 0.25) is 0 Å². The van der Waals surface area contributed by atoms with Crippen LogP contribution in [0.2, 0.25) is 5.02 Å². The van der Waals surface area contributed by atoms with Gasteiger partial charge in [0.15, 0.2) is 0 Å². The van der Waals surface area contributed by atoms with Crippen LogP contribution in [0.1, 0.15) is 13.8 Å². The molecule has 0 N–H and O–H groups in total. The Kier molecular flexibility index (Phi) is 3.72. The Labute approximate surface area is 103 Å². The third-order valence-electron chi connectivity index (χ3n) is 3.36. The Hall–Kier alpha value is -0.730. The molecule has 2 nitrogen and oxygen atoms in total. The van der Waals surface area contributed by atoms with Gasteiger partial charge in [-0.2, -0.15) is 0 Å². The van der Waals surface area contributed by atoms with Gasteiger partial charge in [0, 0.05) is 36.4 Å². The molecular formula is C13H19ClN2. The second-order valence-electron chi connectivity index (χ2n) is 4.40. The predicted molar refractivity (Wildman–Crippen MR) is 70.4 cm³/mol. The molecule has 1 aromatic rings. The van der Waals surface area contributed by atoms with E-state index >= 15 is 0 Å². The van der Waals surface area contributed by atoms with E-state index in [2.05, 4.69) is 35.8 Å². The molecule has 1 saturated heterocycles. The van der Waals surface area contributed by atoms with Crippen molar-refractivity contribution in [2.45, 2.75) is 19.9 Å². The van der Waals surface area contributed by atoms with Crippen molar-refractivity contribution in [3.05, 3.63) is 29.3 Å². The molecular weight excluding hydrogens is 220 g/mol. The summed E-state index contributed by atoms with van der Waals surface area (Å²) < 4.78 is 0. The monoisotopic (exact) mass is 238 g/mol. The highest BCUT2D eigenvalue weighted by Gasteiger charge is 2.22. The largest absolute Gasteiger partial charge is 0.369 e. The van der Waals surface area contributed by atoms with E-state index in [0.29, 0.717) is 6.04 Å². The van der Waals surface area contributed by atoms with Gasteiger partial charge >= 0.3 is 0 Å². The molecule has 1 aromatic carbocycles. The Morgan fingerprint density at radius 2 is 1.94 bits per heavy atom. The first-order chi connectivity index (χ1) is 7.70. The van der Waals surface area contributed by atoms with E-state index in [0.717, 1.165) is 31.2 Å². The summed E-state index contributed by atoms with van der Waals surface area (Å²) >= 11 is 5.90. The van der Waals surface area contributed by atoms with Crippen LogP contribution in [0.3, 0.4) is 0 Å². The van der Waals surface area contributed by atoms with Gasteiger partial charge in [-0.1, -0.05) is 18.5 Å². The van der Waals surface area contributed by atoms with E-state index in [1.54, 1.807) is 0 Å². The summed E-state index contributed by atoms with van der Waals surface area (Å²) in [5.74, 6) is 0. The number of anilines is 1. The van der Waals surface area contributed by atoms with Crippen molar-refractivity contribution in [2.75, 3.05) is 31.1 Å². The third kappa shape index (κ3) is 2.50. The summed E-state index contributed by atoms with van der Waals surface area (Å²) in [6.07, 6.45) is 0. The minimum Gasteiger partial charge on any atom is -0.369 e. The number of rotatable bonds is 2. The van der Waals surface area contributed by atoms with Gasteiger partial charge in [-0.05, 0) is 37.7 Å². The zero-order valence-corrected chi connectivity index (χ0v) is 10.7. The van der Waals surface area contributed by atoms with Crippen LogP contribution in [0.4, 0.5) is 5.69 Å². The average molecular weight is 239 g/mol. The van der Waals surface area contributed by atoms with E-state index in [1.165, 1.54) is 5.69 Å². The van der Waals surface area contributed by atoms with Crippen molar-refractivity contribution in [1.29, 1.82) is 0 Å². The number of piperazine rings is 1. The fourth-order valence-corrected chi connectivity index (χ4v) is 2.48. The molecule has 1 atom stereocenters. The summed E-state index contributed by atoms with van der Waals surface area (Å²) in [6.45, 7) is 9.05. The Morgan fingerprint density at radius 1 is 1.25 bits per heavy atom. The maximum absolute atomic E-state index is 5.90. The van der Waals surface area contributed by atoms with Crippen molar-refractivity contribution in [1.82, 2.24) is 4.90 Å². The van der Waals surface area contributed by atoms with Gasteiger partial charge in [-0.15, -0.1) is 0 Å². The van der Waals surface area contributed by atoms with Crippen LogP contribution >= 0.6 is 11.6 Å². The number of halogens is 1.